The zero-order chi connectivity index (χ0) is 11.6. The quantitative estimate of drug-likeness (QED) is 0.583. The number of amides is 1. The van der Waals surface area contributed by atoms with Crippen molar-refractivity contribution in [3.63, 3.8) is 0 Å². The number of hydrogen-bond acceptors (Lipinski definition) is 4. The number of carbonyl (C=O) groups excluding carboxylic acids is 1. The van der Waals surface area contributed by atoms with E-state index in [9.17, 15) is 14.9 Å². The molecule has 0 aliphatic rings. The summed E-state index contributed by atoms with van der Waals surface area (Å²) in [6, 6.07) is 0. The lowest BCUT2D eigenvalue weighted by molar-refractivity contribution is -0.385. The van der Waals surface area contributed by atoms with Crippen LogP contribution in [0.4, 0.5) is 5.69 Å². The van der Waals surface area contributed by atoms with E-state index in [-0.39, 0.29) is 17.1 Å². The Morgan fingerprint density at radius 3 is 2.67 bits per heavy atom. The molecule has 0 aliphatic heterocycles. The molecule has 1 aromatic rings. The van der Waals surface area contributed by atoms with Crippen molar-refractivity contribution in [2.24, 2.45) is 5.73 Å². The third-order valence-electron chi connectivity index (χ3n) is 1.95. The number of carbonyl (C=O) groups is 1. The maximum atomic E-state index is 11.1. The molecule has 0 saturated heterocycles. The summed E-state index contributed by atoms with van der Waals surface area (Å²) < 4.78 is 1.29. The van der Waals surface area contributed by atoms with Gasteiger partial charge in [0.1, 0.15) is 5.69 Å². The van der Waals surface area contributed by atoms with Crippen molar-refractivity contribution < 1.29 is 9.72 Å². The number of hydrogen-bond donors (Lipinski definition) is 1. The van der Waals surface area contributed by atoms with Gasteiger partial charge in [0, 0.05) is 6.54 Å². The molecule has 7 nitrogen and oxygen atoms in total. The molecule has 82 valence electrons. The highest BCUT2D eigenvalue weighted by Crippen LogP contribution is 2.22. The molecule has 0 unspecified atom stereocenters. The second kappa shape index (κ2) is 4.07. The smallest absolute Gasteiger partial charge is 0.322 e. The lowest BCUT2D eigenvalue weighted by Crippen LogP contribution is -2.19. The van der Waals surface area contributed by atoms with Crippen molar-refractivity contribution in [3.05, 3.63) is 21.5 Å². The Hall–Kier alpha value is -1.92. The van der Waals surface area contributed by atoms with Gasteiger partial charge >= 0.3 is 5.69 Å². The van der Waals surface area contributed by atoms with Crippen LogP contribution >= 0.6 is 0 Å². The molecule has 0 spiro atoms. The summed E-state index contributed by atoms with van der Waals surface area (Å²) in [6.45, 7) is 3.80. The molecule has 1 rings (SSSR count). The van der Waals surface area contributed by atoms with Crippen LogP contribution in [0, 0.1) is 17.0 Å². The monoisotopic (exact) mass is 212 g/mol. The molecule has 0 aliphatic carbocycles. The van der Waals surface area contributed by atoms with Crippen molar-refractivity contribution in [1.82, 2.24) is 9.78 Å². The van der Waals surface area contributed by atoms with Crippen molar-refractivity contribution >= 4 is 11.6 Å². The topological polar surface area (TPSA) is 104 Å². The first kappa shape index (κ1) is 11.2. The molecular weight excluding hydrogens is 200 g/mol. The predicted octanol–water partition coefficient (Wildman–Crippen LogP) is 0.609. The summed E-state index contributed by atoms with van der Waals surface area (Å²) in [7, 11) is 0. The summed E-state index contributed by atoms with van der Waals surface area (Å²) >= 11 is 0. The zero-order valence-corrected chi connectivity index (χ0v) is 8.56. The number of nitrogens with zero attached hydrogens (tertiary/aromatic N) is 3. The van der Waals surface area contributed by atoms with Gasteiger partial charge in [0.25, 0.3) is 5.91 Å². The number of nitrogens with two attached hydrogens (primary N) is 1. The fourth-order valence-corrected chi connectivity index (χ4v) is 1.41. The maximum absolute atomic E-state index is 11.1. The van der Waals surface area contributed by atoms with E-state index in [1.807, 2.05) is 6.92 Å². The Kier molecular flexibility index (Phi) is 3.03. The van der Waals surface area contributed by atoms with Crippen LogP contribution in [-0.2, 0) is 6.54 Å². The molecule has 15 heavy (non-hydrogen) atoms. The molecule has 0 bridgehead atoms. The van der Waals surface area contributed by atoms with Crippen molar-refractivity contribution in [2.75, 3.05) is 0 Å². The van der Waals surface area contributed by atoms with Gasteiger partial charge in [0.15, 0.2) is 0 Å². The summed E-state index contributed by atoms with van der Waals surface area (Å²) in [5, 5.41) is 14.6. The molecule has 0 atom stereocenters. The number of aromatic nitrogens is 2. The van der Waals surface area contributed by atoms with Gasteiger partial charge in [-0.2, -0.15) is 5.10 Å². The molecule has 1 aromatic heterocycles. The molecule has 2 N–H and O–H groups in total. The third kappa shape index (κ3) is 1.95. The van der Waals surface area contributed by atoms with Crippen molar-refractivity contribution in [2.45, 2.75) is 26.8 Å². The van der Waals surface area contributed by atoms with Crippen LogP contribution < -0.4 is 5.73 Å². The first-order valence-corrected chi connectivity index (χ1v) is 4.50. The van der Waals surface area contributed by atoms with Crippen LogP contribution in [-0.4, -0.2) is 20.6 Å². The highest BCUT2D eigenvalue weighted by atomic mass is 16.6. The largest absolute Gasteiger partial charge is 0.364 e. The van der Waals surface area contributed by atoms with Gasteiger partial charge in [-0.05, 0) is 13.3 Å². The molecule has 7 heteroatoms. The van der Waals surface area contributed by atoms with Gasteiger partial charge in [-0.15, -0.1) is 0 Å². The van der Waals surface area contributed by atoms with Gasteiger partial charge in [-0.1, -0.05) is 6.92 Å². The minimum atomic E-state index is -0.823. The van der Waals surface area contributed by atoms with Crippen LogP contribution in [0.15, 0.2) is 0 Å². The van der Waals surface area contributed by atoms with Gasteiger partial charge in [0.2, 0.25) is 5.69 Å². The number of aryl methyl sites for hydroxylation is 2. The first-order chi connectivity index (χ1) is 6.99. The maximum Gasteiger partial charge on any atom is 0.322 e. The van der Waals surface area contributed by atoms with E-state index in [2.05, 4.69) is 5.10 Å². The molecule has 1 amide bonds. The van der Waals surface area contributed by atoms with E-state index in [0.29, 0.717) is 6.54 Å². The molecule has 1 heterocycles. The number of nitro groups is 1. The highest BCUT2D eigenvalue weighted by molar-refractivity contribution is 5.95. The van der Waals surface area contributed by atoms with E-state index in [4.69, 9.17) is 5.73 Å². The van der Waals surface area contributed by atoms with Crippen LogP contribution in [0.25, 0.3) is 0 Å². The average molecular weight is 212 g/mol. The van der Waals surface area contributed by atoms with Crippen LogP contribution in [0.5, 0.6) is 0 Å². The normalized spacial score (nSPS) is 10.3. The van der Waals surface area contributed by atoms with Crippen molar-refractivity contribution in [1.29, 1.82) is 0 Å². The Morgan fingerprint density at radius 1 is 1.67 bits per heavy atom. The van der Waals surface area contributed by atoms with Gasteiger partial charge in [-0.3, -0.25) is 19.6 Å². The van der Waals surface area contributed by atoms with Crippen LogP contribution in [0.3, 0.4) is 0 Å². The summed E-state index contributed by atoms with van der Waals surface area (Å²) in [6.07, 6.45) is 0.721. The second-order valence-electron chi connectivity index (χ2n) is 3.13. The zero-order valence-electron chi connectivity index (χ0n) is 8.56. The Bertz CT molecular complexity index is 410. The minimum absolute atomic E-state index is 0.126. The second-order valence-corrected chi connectivity index (χ2v) is 3.13. The Balaban J connectivity index is 3.37. The molecular formula is C8H12N4O3. The summed E-state index contributed by atoms with van der Waals surface area (Å²) in [5.74, 6) is -0.823. The third-order valence-corrected chi connectivity index (χ3v) is 1.95. The Morgan fingerprint density at radius 2 is 2.27 bits per heavy atom. The lowest BCUT2D eigenvalue weighted by atomic mass is 10.3. The molecule has 0 saturated carbocycles. The molecule has 0 radical (unpaired) electrons. The first-order valence-electron chi connectivity index (χ1n) is 4.50. The SMILES string of the molecule is CCCn1nc(C)c([N+](=O)[O-])c1C(N)=O. The van der Waals surface area contributed by atoms with Gasteiger partial charge in [0.05, 0.1) is 4.92 Å². The van der Waals surface area contributed by atoms with E-state index < -0.39 is 10.8 Å². The minimum Gasteiger partial charge on any atom is -0.364 e. The lowest BCUT2D eigenvalue weighted by Gasteiger charge is -2.00. The van der Waals surface area contributed by atoms with Crippen LogP contribution in [0.1, 0.15) is 29.5 Å². The fraction of sp³-hybridized carbons (Fsp3) is 0.500. The predicted molar refractivity (Wildman–Crippen MR) is 52.4 cm³/mol. The van der Waals surface area contributed by atoms with E-state index in [1.165, 1.54) is 11.6 Å². The van der Waals surface area contributed by atoms with E-state index in [0.717, 1.165) is 6.42 Å². The van der Waals surface area contributed by atoms with Gasteiger partial charge < -0.3 is 5.73 Å². The number of rotatable bonds is 4. The van der Waals surface area contributed by atoms with E-state index in [1.54, 1.807) is 0 Å². The van der Waals surface area contributed by atoms with Crippen molar-refractivity contribution in [3.8, 4) is 0 Å². The van der Waals surface area contributed by atoms with E-state index >= 15 is 0 Å². The van der Waals surface area contributed by atoms with Gasteiger partial charge in [-0.25, -0.2) is 0 Å². The average Bonchev–Trinajstić information content (AvgIpc) is 2.42. The summed E-state index contributed by atoms with van der Waals surface area (Å²) in [5.41, 5.74) is 4.88. The summed E-state index contributed by atoms with van der Waals surface area (Å²) in [4.78, 5) is 21.2. The fourth-order valence-electron chi connectivity index (χ4n) is 1.41. The van der Waals surface area contributed by atoms with Crippen LogP contribution in [0.2, 0.25) is 0 Å². The molecule has 0 aromatic carbocycles. The highest BCUT2D eigenvalue weighted by Gasteiger charge is 2.28. The Labute approximate surface area is 86.0 Å². The standard InChI is InChI=1S/C8H12N4O3/c1-3-4-11-7(8(9)13)6(12(14)15)5(2)10-11/h3-4H2,1-2H3,(H2,9,13). The molecule has 0 fully saturated rings. The number of primary amides is 1.